The Morgan fingerprint density at radius 3 is 2.00 bits per heavy atom. The van der Waals surface area contributed by atoms with Gasteiger partial charge in [-0.3, -0.25) is 0 Å². The summed E-state index contributed by atoms with van der Waals surface area (Å²) in [5.41, 5.74) is 0. The minimum absolute atomic E-state index is 0.282. The summed E-state index contributed by atoms with van der Waals surface area (Å²) in [7, 11) is 0. The van der Waals surface area contributed by atoms with Crippen LogP contribution in [0.3, 0.4) is 0 Å². The van der Waals surface area contributed by atoms with E-state index < -0.39 is 0 Å². The lowest BCUT2D eigenvalue weighted by Crippen LogP contribution is -2.00. The topological polar surface area (TPSA) is 20.2 Å². The van der Waals surface area contributed by atoms with Gasteiger partial charge in [-0.15, -0.1) is 6.58 Å². The molecule has 0 fully saturated rings. The molecule has 1 heteroatoms. The summed E-state index contributed by atoms with van der Waals surface area (Å²) in [5.74, 6) is 0. The molecule has 0 aromatic heterocycles. The molecular weight excluding hydrogens is 172 g/mol. The SMILES string of the molecule is C=CC(O)CCCCCCCCCC. The molecule has 0 aliphatic heterocycles. The van der Waals surface area contributed by atoms with Crippen molar-refractivity contribution in [3.8, 4) is 0 Å². The molecule has 0 amide bonds. The Kier molecular flexibility index (Phi) is 10.5. The maximum absolute atomic E-state index is 9.21. The van der Waals surface area contributed by atoms with Crippen LogP contribution in [0.1, 0.15) is 64.7 Å². The van der Waals surface area contributed by atoms with Gasteiger partial charge in [0.2, 0.25) is 0 Å². The molecule has 0 aromatic rings. The van der Waals surface area contributed by atoms with Crippen molar-refractivity contribution in [2.75, 3.05) is 0 Å². The first-order valence-electron chi connectivity index (χ1n) is 6.12. The van der Waals surface area contributed by atoms with Crippen LogP contribution in [0, 0.1) is 0 Å². The predicted octanol–water partition coefficient (Wildman–Crippen LogP) is 4.06. The van der Waals surface area contributed by atoms with Crippen molar-refractivity contribution in [3.63, 3.8) is 0 Å². The summed E-state index contributed by atoms with van der Waals surface area (Å²) in [6.07, 6.45) is 12.8. The van der Waals surface area contributed by atoms with Gasteiger partial charge < -0.3 is 5.11 Å². The van der Waals surface area contributed by atoms with Gasteiger partial charge in [-0.25, -0.2) is 0 Å². The van der Waals surface area contributed by atoms with E-state index in [1.165, 1.54) is 44.9 Å². The number of rotatable bonds is 10. The van der Waals surface area contributed by atoms with Gasteiger partial charge in [0.15, 0.2) is 0 Å². The van der Waals surface area contributed by atoms with Gasteiger partial charge in [0.05, 0.1) is 6.10 Å². The van der Waals surface area contributed by atoms with Crippen molar-refractivity contribution in [3.05, 3.63) is 12.7 Å². The normalized spacial score (nSPS) is 12.7. The van der Waals surface area contributed by atoms with E-state index in [0.717, 1.165) is 12.8 Å². The van der Waals surface area contributed by atoms with Crippen LogP contribution in [0.25, 0.3) is 0 Å². The monoisotopic (exact) mass is 198 g/mol. The smallest absolute Gasteiger partial charge is 0.0718 e. The minimum atomic E-state index is -0.282. The van der Waals surface area contributed by atoms with E-state index in [9.17, 15) is 5.11 Å². The number of hydrogen-bond donors (Lipinski definition) is 1. The largest absolute Gasteiger partial charge is 0.389 e. The lowest BCUT2D eigenvalue weighted by molar-refractivity contribution is 0.208. The van der Waals surface area contributed by atoms with Crippen molar-refractivity contribution >= 4 is 0 Å². The molecule has 0 heterocycles. The van der Waals surface area contributed by atoms with Gasteiger partial charge in [0.25, 0.3) is 0 Å². The van der Waals surface area contributed by atoms with Crippen LogP contribution in [-0.2, 0) is 0 Å². The van der Waals surface area contributed by atoms with E-state index in [1.54, 1.807) is 6.08 Å². The molecule has 14 heavy (non-hydrogen) atoms. The highest BCUT2D eigenvalue weighted by Gasteiger charge is 1.97. The van der Waals surface area contributed by atoms with Gasteiger partial charge in [0, 0.05) is 0 Å². The van der Waals surface area contributed by atoms with Crippen molar-refractivity contribution in [1.29, 1.82) is 0 Å². The zero-order chi connectivity index (χ0) is 10.6. The molecule has 0 rings (SSSR count). The third-order valence-electron chi connectivity index (χ3n) is 2.63. The molecule has 0 saturated carbocycles. The molecule has 84 valence electrons. The molecule has 1 N–H and O–H groups in total. The van der Waals surface area contributed by atoms with Crippen molar-refractivity contribution < 1.29 is 5.11 Å². The zero-order valence-corrected chi connectivity index (χ0v) is 9.67. The quantitative estimate of drug-likeness (QED) is 0.414. The first kappa shape index (κ1) is 13.7. The Bertz CT molecular complexity index is 120. The second-order valence-electron chi connectivity index (χ2n) is 4.07. The third-order valence-corrected chi connectivity index (χ3v) is 2.63. The number of unbranched alkanes of at least 4 members (excludes halogenated alkanes) is 7. The Morgan fingerprint density at radius 1 is 1.00 bits per heavy atom. The average molecular weight is 198 g/mol. The van der Waals surface area contributed by atoms with E-state index in [2.05, 4.69) is 13.5 Å². The van der Waals surface area contributed by atoms with E-state index >= 15 is 0 Å². The van der Waals surface area contributed by atoms with Crippen LogP contribution in [0.5, 0.6) is 0 Å². The van der Waals surface area contributed by atoms with E-state index in [0.29, 0.717) is 0 Å². The molecule has 0 aromatic carbocycles. The molecule has 0 saturated heterocycles. The highest BCUT2D eigenvalue weighted by molar-refractivity contribution is 4.77. The first-order chi connectivity index (χ1) is 6.81. The van der Waals surface area contributed by atoms with Crippen LogP contribution in [0.2, 0.25) is 0 Å². The molecule has 0 aliphatic carbocycles. The highest BCUT2D eigenvalue weighted by atomic mass is 16.3. The van der Waals surface area contributed by atoms with Crippen LogP contribution in [0.15, 0.2) is 12.7 Å². The van der Waals surface area contributed by atoms with Gasteiger partial charge in [-0.1, -0.05) is 64.4 Å². The number of hydrogen-bond acceptors (Lipinski definition) is 1. The van der Waals surface area contributed by atoms with Crippen molar-refractivity contribution in [2.24, 2.45) is 0 Å². The zero-order valence-electron chi connectivity index (χ0n) is 9.67. The van der Waals surface area contributed by atoms with Gasteiger partial charge in [-0.05, 0) is 6.42 Å². The summed E-state index contributed by atoms with van der Waals surface area (Å²) < 4.78 is 0. The summed E-state index contributed by atoms with van der Waals surface area (Å²) in [6, 6.07) is 0. The second kappa shape index (κ2) is 10.8. The Morgan fingerprint density at radius 2 is 1.50 bits per heavy atom. The lowest BCUT2D eigenvalue weighted by atomic mass is 10.1. The first-order valence-corrected chi connectivity index (χ1v) is 6.12. The minimum Gasteiger partial charge on any atom is -0.389 e. The third kappa shape index (κ3) is 9.79. The van der Waals surface area contributed by atoms with E-state index in [1.807, 2.05) is 0 Å². The van der Waals surface area contributed by atoms with Crippen molar-refractivity contribution in [1.82, 2.24) is 0 Å². The number of aliphatic hydroxyl groups excluding tert-OH is 1. The van der Waals surface area contributed by atoms with Crippen LogP contribution < -0.4 is 0 Å². The second-order valence-corrected chi connectivity index (χ2v) is 4.07. The molecule has 0 radical (unpaired) electrons. The van der Waals surface area contributed by atoms with Crippen LogP contribution >= 0.6 is 0 Å². The summed E-state index contributed by atoms with van der Waals surface area (Å²) in [4.78, 5) is 0. The maximum atomic E-state index is 9.21. The van der Waals surface area contributed by atoms with Gasteiger partial charge in [-0.2, -0.15) is 0 Å². The Hall–Kier alpha value is -0.300. The molecule has 1 atom stereocenters. The van der Waals surface area contributed by atoms with Crippen LogP contribution in [-0.4, -0.2) is 11.2 Å². The Labute approximate surface area is 89.2 Å². The van der Waals surface area contributed by atoms with Crippen LogP contribution in [0.4, 0.5) is 0 Å². The van der Waals surface area contributed by atoms with Crippen molar-refractivity contribution in [2.45, 2.75) is 70.8 Å². The van der Waals surface area contributed by atoms with E-state index in [-0.39, 0.29) is 6.10 Å². The molecule has 1 nitrogen and oxygen atoms in total. The predicted molar refractivity (Wildman–Crippen MR) is 63.4 cm³/mol. The fraction of sp³-hybridized carbons (Fsp3) is 0.846. The molecule has 0 spiro atoms. The molecule has 0 bridgehead atoms. The molecular formula is C13H26O. The summed E-state index contributed by atoms with van der Waals surface area (Å²) in [6.45, 7) is 5.81. The highest BCUT2D eigenvalue weighted by Crippen LogP contribution is 2.10. The van der Waals surface area contributed by atoms with Gasteiger partial charge in [0.1, 0.15) is 0 Å². The maximum Gasteiger partial charge on any atom is 0.0718 e. The number of aliphatic hydroxyl groups is 1. The van der Waals surface area contributed by atoms with Gasteiger partial charge >= 0.3 is 0 Å². The fourth-order valence-electron chi connectivity index (χ4n) is 1.61. The standard InChI is InChI=1S/C13H26O/c1-3-5-6-7-8-9-10-11-12-13(14)4-2/h4,13-14H,2-3,5-12H2,1H3. The molecule has 1 unspecified atom stereocenters. The lowest BCUT2D eigenvalue weighted by Gasteiger charge is -2.04. The Balaban J connectivity index is 2.95. The molecule has 0 aliphatic rings. The fourth-order valence-corrected chi connectivity index (χ4v) is 1.61. The summed E-state index contributed by atoms with van der Waals surface area (Å²) >= 11 is 0. The van der Waals surface area contributed by atoms with E-state index in [4.69, 9.17) is 0 Å². The average Bonchev–Trinajstić information content (AvgIpc) is 2.21. The summed E-state index contributed by atoms with van der Waals surface area (Å²) in [5, 5.41) is 9.21.